The third-order valence-corrected chi connectivity index (χ3v) is 4.91. The molecule has 0 spiro atoms. The Bertz CT molecular complexity index is 658. The van der Waals surface area contributed by atoms with E-state index in [0.29, 0.717) is 6.54 Å². The molecule has 5 heteroatoms. The highest BCUT2D eigenvalue weighted by Crippen LogP contribution is 2.35. The summed E-state index contributed by atoms with van der Waals surface area (Å²) in [5.74, 6) is 1.46. The largest absolute Gasteiger partial charge is 0.310 e. The van der Waals surface area contributed by atoms with Gasteiger partial charge in [-0.2, -0.15) is 0 Å². The van der Waals surface area contributed by atoms with Gasteiger partial charge in [-0.25, -0.2) is 4.98 Å². The van der Waals surface area contributed by atoms with E-state index in [2.05, 4.69) is 22.2 Å². The maximum Gasteiger partial charge on any atom is 0.259 e. The standard InChI is InChI=1S/C14H19N3OS/c1-3-15-7-11-16-13(18)12-9-5-4-8(2)6-10(9)19-14(12)17-11/h8,15H,3-7H2,1-2H3,(H,16,17,18)/t8-/m1/s1. The first-order valence-electron chi connectivity index (χ1n) is 6.93. The number of rotatable bonds is 3. The van der Waals surface area contributed by atoms with Gasteiger partial charge in [-0.05, 0) is 37.3 Å². The zero-order valence-corrected chi connectivity index (χ0v) is 12.2. The molecule has 2 aromatic rings. The van der Waals surface area contributed by atoms with Gasteiger partial charge in [0.15, 0.2) is 0 Å². The van der Waals surface area contributed by atoms with E-state index in [4.69, 9.17) is 0 Å². The van der Waals surface area contributed by atoms with E-state index >= 15 is 0 Å². The number of H-pyrrole nitrogens is 1. The molecular formula is C14H19N3OS. The fourth-order valence-corrected chi connectivity index (χ4v) is 4.12. The zero-order chi connectivity index (χ0) is 13.4. The minimum absolute atomic E-state index is 0.0324. The van der Waals surface area contributed by atoms with Crippen LogP contribution in [-0.2, 0) is 19.4 Å². The lowest BCUT2D eigenvalue weighted by atomic mass is 9.89. The topological polar surface area (TPSA) is 57.8 Å². The van der Waals surface area contributed by atoms with Gasteiger partial charge in [-0.1, -0.05) is 13.8 Å². The van der Waals surface area contributed by atoms with E-state index in [9.17, 15) is 4.79 Å². The van der Waals surface area contributed by atoms with Crippen LogP contribution in [0.2, 0.25) is 0 Å². The SMILES string of the molecule is CCNCc1nc2sc3c(c2c(=O)[nH]1)CC[C@@H](C)C3. The first-order chi connectivity index (χ1) is 9.19. The number of hydrogen-bond acceptors (Lipinski definition) is 4. The van der Waals surface area contributed by atoms with E-state index < -0.39 is 0 Å². The predicted octanol–water partition coefficient (Wildman–Crippen LogP) is 2.22. The van der Waals surface area contributed by atoms with Crippen molar-refractivity contribution in [2.45, 2.75) is 39.7 Å². The average molecular weight is 277 g/mol. The van der Waals surface area contributed by atoms with Gasteiger partial charge in [-0.15, -0.1) is 11.3 Å². The second kappa shape index (κ2) is 5.06. The molecule has 102 valence electrons. The molecule has 0 amide bonds. The lowest BCUT2D eigenvalue weighted by Crippen LogP contribution is -2.19. The fourth-order valence-electron chi connectivity index (χ4n) is 2.72. The van der Waals surface area contributed by atoms with Crippen molar-refractivity contribution in [3.63, 3.8) is 0 Å². The molecule has 0 saturated heterocycles. The number of thiophene rings is 1. The molecule has 0 radical (unpaired) electrons. The lowest BCUT2D eigenvalue weighted by molar-refractivity contribution is 0.509. The summed E-state index contributed by atoms with van der Waals surface area (Å²) in [5.41, 5.74) is 1.28. The Kier molecular flexibility index (Phi) is 3.41. The second-order valence-electron chi connectivity index (χ2n) is 5.32. The summed E-state index contributed by atoms with van der Waals surface area (Å²) in [4.78, 5) is 22.1. The maximum absolute atomic E-state index is 12.3. The molecule has 0 fully saturated rings. The molecule has 0 aliphatic heterocycles. The molecule has 2 heterocycles. The van der Waals surface area contributed by atoms with Crippen LogP contribution >= 0.6 is 11.3 Å². The van der Waals surface area contributed by atoms with Crippen LogP contribution in [0, 0.1) is 5.92 Å². The molecule has 0 unspecified atom stereocenters. The molecule has 2 aromatic heterocycles. The molecule has 1 atom stereocenters. The summed E-state index contributed by atoms with van der Waals surface area (Å²) in [7, 11) is 0. The smallest absolute Gasteiger partial charge is 0.259 e. The summed E-state index contributed by atoms with van der Waals surface area (Å²) in [5, 5.41) is 4.04. The van der Waals surface area contributed by atoms with Crippen molar-refractivity contribution in [3.05, 3.63) is 26.6 Å². The Labute approximate surface area is 116 Å². The Balaban J connectivity index is 2.09. The lowest BCUT2D eigenvalue weighted by Gasteiger charge is -2.17. The van der Waals surface area contributed by atoms with Crippen LogP contribution in [0.15, 0.2) is 4.79 Å². The highest BCUT2D eigenvalue weighted by molar-refractivity contribution is 7.18. The van der Waals surface area contributed by atoms with Crippen LogP contribution in [0.5, 0.6) is 0 Å². The number of hydrogen-bond donors (Lipinski definition) is 2. The van der Waals surface area contributed by atoms with Crippen molar-refractivity contribution >= 4 is 21.6 Å². The van der Waals surface area contributed by atoms with Crippen LogP contribution in [-0.4, -0.2) is 16.5 Å². The number of aromatic nitrogens is 2. The molecule has 0 bridgehead atoms. The normalized spacial score (nSPS) is 18.7. The molecule has 1 aliphatic carbocycles. The summed E-state index contributed by atoms with van der Waals surface area (Å²) in [6.45, 7) is 5.82. The maximum atomic E-state index is 12.3. The van der Waals surface area contributed by atoms with Crippen LogP contribution in [0.3, 0.4) is 0 Å². The average Bonchev–Trinajstić information content (AvgIpc) is 2.73. The summed E-state index contributed by atoms with van der Waals surface area (Å²) < 4.78 is 0. The Morgan fingerprint density at radius 1 is 1.53 bits per heavy atom. The minimum Gasteiger partial charge on any atom is -0.310 e. The Morgan fingerprint density at radius 2 is 2.37 bits per heavy atom. The van der Waals surface area contributed by atoms with Crippen molar-refractivity contribution in [2.75, 3.05) is 6.54 Å². The van der Waals surface area contributed by atoms with Crippen molar-refractivity contribution in [1.29, 1.82) is 0 Å². The quantitative estimate of drug-likeness (QED) is 0.904. The summed E-state index contributed by atoms with van der Waals surface area (Å²) in [6, 6.07) is 0. The first kappa shape index (κ1) is 12.8. The van der Waals surface area contributed by atoms with Crippen LogP contribution in [0.4, 0.5) is 0 Å². The van der Waals surface area contributed by atoms with Gasteiger partial charge < -0.3 is 10.3 Å². The summed E-state index contributed by atoms with van der Waals surface area (Å²) in [6.07, 6.45) is 3.30. The molecule has 2 N–H and O–H groups in total. The molecule has 3 rings (SSSR count). The van der Waals surface area contributed by atoms with Gasteiger partial charge in [0.05, 0.1) is 11.9 Å². The van der Waals surface area contributed by atoms with Crippen molar-refractivity contribution in [1.82, 2.24) is 15.3 Å². The fraction of sp³-hybridized carbons (Fsp3) is 0.571. The van der Waals surface area contributed by atoms with Crippen LogP contribution in [0.1, 0.15) is 36.5 Å². The molecular weight excluding hydrogens is 258 g/mol. The Hall–Kier alpha value is -1.20. The van der Waals surface area contributed by atoms with Crippen molar-refractivity contribution < 1.29 is 0 Å². The zero-order valence-electron chi connectivity index (χ0n) is 11.4. The summed E-state index contributed by atoms with van der Waals surface area (Å²) >= 11 is 1.71. The van der Waals surface area contributed by atoms with E-state index in [1.807, 2.05) is 6.92 Å². The predicted molar refractivity (Wildman–Crippen MR) is 78.8 cm³/mol. The number of nitrogens with zero attached hydrogens (tertiary/aromatic N) is 1. The van der Waals surface area contributed by atoms with Crippen LogP contribution in [0.25, 0.3) is 10.2 Å². The molecule has 4 nitrogen and oxygen atoms in total. The number of fused-ring (bicyclic) bond motifs is 3. The van der Waals surface area contributed by atoms with E-state index in [1.54, 1.807) is 11.3 Å². The third kappa shape index (κ3) is 2.32. The number of nitrogens with one attached hydrogen (secondary N) is 2. The van der Waals surface area contributed by atoms with E-state index in [-0.39, 0.29) is 5.56 Å². The highest BCUT2D eigenvalue weighted by Gasteiger charge is 2.22. The molecule has 0 aromatic carbocycles. The molecule has 0 saturated carbocycles. The van der Waals surface area contributed by atoms with Gasteiger partial charge >= 0.3 is 0 Å². The van der Waals surface area contributed by atoms with Gasteiger partial charge in [-0.3, -0.25) is 4.79 Å². The van der Waals surface area contributed by atoms with Crippen molar-refractivity contribution in [2.24, 2.45) is 5.92 Å². The monoisotopic (exact) mass is 277 g/mol. The van der Waals surface area contributed by atoms with Crippen molar-refractivity contribution in [3.8, 4) is 0 Å². The van der Waals surface area contributed by atoms with E-state index in [1.165, 1.54) is 16.9 Å². The molecule has 1 aliphatic rings. The van der Waals surface area contributed by atoms with Gasteiger partial charge in [0, 0.05) is 4.88 Å². The van der Waals surface area contributed by atoms with Gasteiger partial charge in [0.25, 0.3) is 5.56 Å². The van der Waals surface area contributed by atoms with Crippen LogP contribution < -0.4 is 10.9 Å². The first-order valence-corrected chi connectivity index (χ1v) is 7.74. The number of aryl methyl sites for hydroxylation is 1. The number of aromatic amines is 1. The van der Waals surface area contributed by atoms with Gasteiger partial charge in [0.2, 0.25) is 0 Å². The minimum atomic E-state index is 0.0324. The van der Waals surface area contributed by atoms with Gasteiger partial charge in [0.1, 0.15) is 10.7 Å². The Morgan fingerprint density at radius 3 is 3.16 bits per heavy atom. The van der Waals surface area contributed by atoms with E-state index in [0.717, 1.165) is 41.3 Å². The second-order valence-corrected chi connectivity index (χ2v) is 6.41. The highest BCUT2D eigenvalue weighted by atomic mass is 32.1. The molecule has 19 heavy (non-hydrogen) atoms. The third-order valence-electron chi connectivity index (χ3n) is 3.76.